The number of halogens is 1. The quantitative estimate of drug-likeness (QED) is 0.876. The number of benzene rings is 1. The number of carbonyl (C=O) groups is 1. The molecule has 2 atom stereocenters. The molecule has 2 unspecified atom stereocenters. The van der Waals surface area contributed by atoms with Crippen molar-refractivity contribution in [2.75, 3.05) is 18.0 Å². The molecule has 0 aliphatic carbocycles. The summed E-state index contributed by atoms with van der Waals surface area (Å²) in [5.74, 6) is 0.733. The highest BCUT2D eigenvalue weighted by molar-refractivity contribution is 6.30. The second-order valence-electron chi connectivity index (χ2n) is 5.68. The van der Waals surface area contributed by atoms with Crippen LogP contribution in [0.1, 0.15) is 24.8 Å². The van der Waals surface area contributed by atoms with Crippen LogP contribution in [0.4, 0.5) is 5.69 Å². The van der Waals surface area contributed by atoms with Crippen molar-refractivity contribution in [2.24, 2.45) is 11.7 Å². The summed E-state index contributed by atoms with van der Waals surface area (Å²) in [5.41, 5.74) is 8.11. The monoisotopic (exact) mass is 293 g/mol. The summed E-state index contributed by atoms with van der Waals surface area (Å²) in [6, 6.07) is 6.24. The fourth-order valence-corrected chi connectivity index (χ4v) is 3.50. The standard InChI is InChI=1S/C15H20ClN3O/c16-12-3-1-10(8-17)14(7-12)19-6-5-13-11(9-19)2-4-15(20)18-13/h1,3,7,11,13H,2,4-6,8-9,17H2,(H,18,20). The Hall–Kier alpha value is -1.26. The van der Waals surface area contributed by atoms with E-state index in [0.29, 0.717) is 24.9 Å². The van der Waals surface area contributed by atoms with E-state index in [1.807, 2.05) is 18.2 Å². The lowest BCUT2D eigenvalue weighted by Gasteiger charge is -2.43. The SMILES string of the molecule is NCc1ccc(Cl)cc1N1CCC2NC(=O)CCC2C1. The van der Waals surface area contributed by atoms with Crippen molar-refractivity contribution in [1.29, 1.82) is 0 Å². The van der Waals surface area contributed by atoms with E-state index in [9.17, 15) is 4.79 Å². The Balaban J connectivity index is 1.79. The molecule has 2 saturated heterocycles. The van der Waals surface area contributed by atoms with Crippen LogP contribution in [0.25, 0.3) is 0 Å². The van der Waals surface area contributed by atoms with Crippen molar-refractivity contribution in [2.45, 2.75) is 31.8 Å². The van der Waals surface area contributed by atoms with Crippen molar-refractivity contribution in [3.05, 3.63) is 28.8 Å². The average Bonchev–Trinajstić information content (AvgIpc) is 2.46. The third-order valence-corrected chi connectivity index (χ3v) is 4.67. The highest BCUT2D eigenvalue weighted by atomic mass is 35.5. The van der Waals surface area contributed by atoms with E-state index in [4.69, 9.17) is 17.3 Å². The molecular formula is C15H20ClN3O. The number of anilines is 1. The topological polar surface area (TPSA) is 58.4 Å². The van der Waals surface area contributed by atoms with Crippen LogP contribution < -0.4 is 16.0 Å². The summed E-state index contributed by atoms with van der Waals surface area (Å²) in [4.78, 5) is 13.8. The molecule has 20 heavy (non-hydrogen) atoms. The fourth-order valence-electron chi connectivity index (χ4n) is 3.33. The van der Waals surface area contributed by atoms with Gasteiger partial charge in [-0.25, -0.2) is 0 Å². The molecule has 108 valence electrons. The Labute approximate surface area is 124 Å². The van der Waals surface area contributed by atoms with Crippen LogP contribution in [-0.4, -0.2) is 25.0 Å². The normalized spacial score (nSPS) is 26.1. The van der Waals surface area contributed by atoms with Gasteiger partial charge in [0.2, 0.25) is 5.91 Å². The molecule has 2 aliphatic rings. The van der Waals surface area contributed by atoms with Gasteiger partial charge in [0.25, 0.3) is 0 Å². The van der Waals surface area contributed by atoms with Gasteiger partial charge in [0.15, 0.2) is 0 Å². The van der Waals surface area contributed by atoms with Gasteiger partial charge in [-0.3, -0.25) is 4.79 Å². The van der Waals surface area contributed by atoms with Gasteiger partial charge >= 0.3 is 0 Å². The highest BCUT2D eigenvalue weighted by Crippen LogP contribution is 2.32. The summed E-state index contributed by atoms with van der Waals surface area (Å²) in [5, 5.41) is 3.86. The van der Waals surface area contributed by atoms with Crippen molar-refractivity contribution in [1.82, 2.24) is 5.32 Å². The first-order valence-electron chi connectivity index (χ1n) is 7.20. The third kappa shape index (κ3) is 2.63. The Morgan fingerprint density at radius 3 is 3.05 bits per heavy atom. The average molecular weight is 294 g/mol. The van der Waals surface area contributed by atoms with Crippen LogP contribution in [0, 0.1) is 5.92 Å². The Morgan fingerprint density at radius 2 is 2.25 bits per heavy atom. The predicted molar refractivity (Wildman–Crippen MR) is 80.8 cm³/mol. The van der Waals surface area contributed by atoms with Gasteiger partial charge in [-0.15, -0.1) is 0 Å². The van der Waals surface area contributed by atoms with E-state index in [-0.39, 0.29) is 5.91 Å². The maximum atomic E-state index is 11.5. The lowest BCUT2D eigenvalue weighted by atomic mass is 9.85. The molecule has 0 aromatic heterocycles. The number of carbonyl (C=O) groups excluding carboxylic acids is 1. The molecule has 3 N–H and O–H groups in total. The zero-order valence-electron chi connectivity index (χ0n) is 11.4. The van der Waals surface area contributed by atoms with Crippen LogP contribution in [-0.2, 0) is 11.3 Å². The van der Waals surface area contributed by atoms with Gasteiger partial charge in [0.05, 0.1) is 0 Å². The largest absolute Gasteiger partial charge is 0.371 e. The molecule has 1 amide bonds. The van der Waals surface area contributed by atoms with Crippen LogP contribution in [0.2, 0.25) is 5.02 Å². The molecule has 5 heteroatoms. The van der Waals surface area contributed by atoms with Gasteiger partial charge in [-0.2, -0.15) is 0 Å². The first-order valence-corrected chi connectivity index (χ1v) is 7.58. The molecule has 1 aromatic rings. The smallest absolute Gasteiger partial charge is 0.220 e. The third-order valence-electron chi connectivity index (χ3n) is 4.43. The van der Waals surface area contributed by atoms with E-state index >= 15 is 0 Å². The zero-order valence-corrected chi connectivity index (χ0v) is 12.2. The summed E-state index contributed by atoms with van der Waals surface area (Å²) >= 11 is 6.13. The zero-order chi connectivity index (χ0) is 14.1. The van der Waals surface area contributed by atoms with Crippen LogP contribution >= 0.6 is 11.6 Å². The number of nitrogens with one attached hydrogen (secondary N) is 1. The molecule has 2 heterocycles. The molecule has 3 rings (SSSR count). The van der Waals surface area contributed by atoms with Crippen LogP contribution in [0.15, 0.2) is 18.2 Å². The molecule has 4 nitrogen and oxygen atoms in total. The molecule has 0 radical (unpaired) electrons. The second kappa shape index (κ2) is 5.62. The first-order chi connectivity index (χ1) is 9.67. The molecule has 2 fully saturated rings. The van der Waals surface area contributed by atoms with Gasteiger partial charge in [0, 0.05) is 42.8 Å². The van der Waals surface area contributed by atoms with E-state index in [2.05, 4.69) is 10.2 Å². The first kappa shape index (κ1) is 13.7. The molecule has 0 saturated carbocycles. The maximum absolute atomic E-state index is 11.5. The van der Waals surface area contributed by atoms with E-state index < -0.39 is 0 Å². The lowest BCUT2D eigenvalue weighted by molar-refractivity contribution is -0.124. The molecule has 2 aliphatic heterocycles. The van der Waals surface area contributed by atoms with Gasteiger partial charge in [0.1, 0.15) is 0 Å². The summed E-state index contributed by atoms with van der Waals surface area (Å²) in [6.45, 7) is 2.43. The van der Waals surface area contributed by atoms with Crippen molar-refractivity contribution >= 4 is 23.2 Å². The van der Waals surface area contributed by atoms with Crippen molar-refractivity contribution < 1.29 is 4.79 Å². The van der Waals surface area contributed by atoms with Gasteiger partial charge in [-0.1, -0.05) is 17.7 Å². The summed E-state index contributed by atoms with van der Waals surface area (Å²) in [6.07, 6.45) is 2.62. The Bertz CT molecular complexity index is 520. The van der Waals surface area contributed by atoms with Crippen molar-refractivity contribution in [3.8, 4) is 0 Å². The number of rotatable bonds is 2. The molecule has 0 spiro atoms. The Morgan fingerprint density at radius 1 is 1.40 bits per heavy atom. The van der Waals surface area contributed by atoms with Gasteiger partial charge in [-0.05, 0) is 36.5 Å². The van der Waals surface area contributed by atoms with E-state index in [1.54, 1.807) is 0 Å². The Kier molecular flexibility index (Phi) is 3.85. The number of hydrogen-bond acceptors (Lipinski definition) is 3. The van der Waals surface area contributed by atoms with E-state index in [0.717, 1.165) is 42.2 Å². The minimum absolute atomic E-state index is 0.199. The molecular weight excluding hydrogens is 274 g/mol. The summed E-state index contributed by atoms with van der Waals surface area (Å²) < 4.78 is 0. The minimum Gasteiger partial charge on any atom is -0.371 e. The minimum atomic E-state index is 0.199. The molecule has 0 bridgehead atoms. The highest BCUT2D eigenvalue weighted by Gasteiger charge is 2.34. The number of hydrogen-bond donors (Lipinski definition) is 2. The van der Waals surface area contributed by atoms with E-state index in [1.165, 1.54) is 0 Å². The maximum Gasteiger partial charge on any atom is 0.220 e. The lowest BCUT2D eigenvalue weighted by Crippen LogP contribution is -2.54. The fraction of sp³-hybridized carbons (Fsp3) is 0.533. The van der Waals surface area contributed by atoms with Crippen molar-refractivity contribution in [3.63, 3.8) is 0 Å². The predicted octanol–water partition coefficient (Wildman–Crippen LogP) is 1.90. The van der Waals surface area contributed by atoms with Gasteiger partial charge < -0.3 is 16.0 Å². The number of nitrogens with zero attached hydrogens (tertiary/aromatic N) is 1. The number of piperidine rings is 2. The van der Waals surface area contributed by atoms with Crippen LogP contribution in [0.5, 0.6) is 0 Å². The second-order valence-corrected chi connectivity index (χ2v) is 6.12. The molecule has 1 aromatic carbocycles. The number of nitrogens with two attached hydrogens (primary N) is 1. The number of fused-ring (bicyclic) bond motifs is 1. The summed E-state index contributed by atoms with van der Waals surface area (Å²) in [7, 11) is 0. The van der Waals surface area contributed by atoms with Crippen LogP contribution in [0.3, 0.4) is 0 Å². The number of amides is 1.